The molecule has 0 aromatic carbocycles. The van der Waals surface area contributed by atoms with Crippen LogP contribution in [0.2, 0.25) is 5.02 Å². The molecule has 1 aliphatic heterocycles. The minimum absolute atomic E-state index is 0. The summed E-state index contributed by atoms with van der Waals surface area (Å²) in [5.74, 6) is 1.05. The molecule has 1 aromatic heterocycles. The zero-order valence-corrected chi connectivity index (χ0v) is 12.9. The summed E-state index contributed by atoms with van der Waals surface area (Å²) in [6, 6.07) is 1.72. The molecule has 2 heterocycles. The minimum atomic E-state index is -0.272. The van der Waals surface area contributed by atoms with E-state index in [2.05, 4.69) is 4.98 Å². The van der Waals surface area contributed by atoms with Crippen molar-refractivity contribution in [3.63, 3.8) is 0 Å². The number of hydrogen-bond donors (Lipinski definition) is 1. The second-order valence-corrected chi connectivity index (χ2v) is 4.67. The Morgan fingerprint density at radius 1 is 1.62 bits per heavy atom. The van der Waals surface area contributed by atoms with Crippen molar-refractivity contribution in [3.8, 4) is 0 Å². The van der Waals surface area contributed by atoms with Crippen molar-refractivity contribution in [2.75, 3.05) is 18.0 Å². The fraction of sp³-hybridized carbons (Fsp3) is 0.500. The summed E-state index contributed by atoms with van der Waals surface area (Å²) in [6.07, 6.45) is 1.39. The number of aliphatic hydroxyl groups excluding tert-OH is 1. The van der Waals surface area contributed by atoms with Crippen LogP contribution in [-0.2, 0) is 12.6 Å². The number of pyridine rings is 1. The van der Waals surface area contributed by atoms with Gasteiger partial charge < -0.3 is 22.6 Å². The zero-order chi connectivity index (χ0) is 11.0. The molecular formula is C10H12ClN2NaOS. The Bertz CT molecular complexity index is 372. The smallest absolute Gasteiger partial charge is 0.778 e. The molecule has 6 heteroatoms. The topological polar surface area (TPSA) is 36.4 Å². The first kappa shape index (κ1) is 14.5. The average molecular weight is 267 g/mol. The molecule has 0 bridgehead atoms. The molecule has 0 saturated carbocycles. The summed E-state index contributed by atoms with van der Waals surface area (Å²) >= 11 is 11.1. The quantitative estimate of drug-likeness (QED) is 0.520. The molecule has 3 nitrogen and oxygen atoms in total. The first-order valence-electron chi connectivity index (χ1n) is 4.84. The first-order valence-corrected chi connectivity index (χ1v) is 5.62. The molecular weight excluding hydrogens is 255 g/mol. The summed E-state index contributed by atoms with van der Waals surface area (Å²) in [7, 11) is 0. The Balaban J connectivity index is 0.00000128. The van der Waals surface area contributed by atoms with E-state index in [1.807, 2.05) is 4.90 Å². The second-order valence-electron chi connectivity index (χ2n) is 3.85. The summed E-state index contributed by atoms with van der Waals surface area (Å²) in [5, 5.41) is 9.90. The number of hydrogen-bond acceptors (Lipinski definition) is 4. The normalized spacial score (nSPS) is 17.6. The van der Waals surface area contributed by atoms with E-state index in [0.717, 1.165) is 18.9 Å². The van der Waals surface area contributed by atoms with Crippen LogP contribution in [0.1, 0.15) is 6.92 Å². The maximum Gasteiger partial charge on any atom is 1.00 e. The van der Waals surface area contributed by atoms with Gasteiger partial charge in [-0.1, -0.05) is 17.7 Å². The van der Waals surface area contributed by atoms with Gasteiger partial charge in [0, 0.05) is 25.2 Å². The fourth-order valence-corrected chi connectivity index (χ4v) is 2.01. The fourth-order valence-electron chi connectivity index (χ4n) is 1.63. The van der Waals surface area contributed by atoms with Gasteiger partial charge in [0.2, 0.25) is 0 Å². The van der Waals surface area contributed by atoms with E-state index < -0.39 is 0 Å². The molecule has 1 aliphatic rings. The van der Waals surface area contributed by atoms with E-state index in [9.17, 15) is 5.11 Å². The predicted octanol–water partition coefficient (Wildman–Crippen LogP) is -1.54. The summed E-state index contributed by atoms with van der Waals surface area (Å²) < 4.78 is 0. The van der Waals surface area contributed by atoms with Crippen LogP contribution < -0.4 is 34.5 Å². The van der Waals surface area contributed by atoms with Gasteiger partial charge in [-0.05, 0) is 6.92 Å². The van der Waals surface area contributed by atoms with E-state index in [4.69, 9.17) is 24.2 Å². The summed E-state index contributed by atoms with van der Waals surface area (Å²) in [6.45, 7) is 3.40. The maximum absolute atomic E-state index is 9.36. The zero-order valence-electron chi connectivity index (χ0n) is 9.35. The third kappa shape index (κ3) is 2.81. The van der Waals surface area contributed by atoms with Gasteiger partial charge in [0.1, 0.15) is 5.82 Å². The van der Waals surface area contributed by atoms with Crippen molar-refractivity contribution in [1.82, 2.24) is 4.98 Å². The van der Waals surface area contributed by atoms with Gasteiger partial charge >= 0.3 is 29.6 Å². The van der Waals surface area contributed by atoms with Crippen LogP contribution in [0, 0.1) is 5.92 Å². The number of nitrogens with zero attached hydrogens (tertiary/aromatic N) is 2. The molecule has 16 heavy (non-hydrogen) atoms. The van der Waals surface area contributed by atoms with Gasteiger partial charge in [-0.25, -0.2) is 4.98 Å². The summed E-state index contributed by atoms with van der Waals surface area (Å²) in [5.41, 5.74) is 0. The Kier molecular flexibility index (Phi) is 5.29. The number of aliphatic hydroxyl groups is 1. The van der Waals surface area contributed by atoms with Crippen LogP contribution in [0.5, 0.6) is 0 Å². The van der Waals surface area contributed by atoms with Crippen molar-refractivity contribution in [1.29, 1.82) is 0 Å². The predicted molar refractivity (Wildman–Crippen MR) is 62.3 cm³/mol. The Morgan fingerprint density at radius 3 is 2.81 bits per heavy atom. The van der Waals surface area contributed by atoms with Crippen LogP contribution in [0.15, 0.2) is 17.2 Å². The Hall–Kier alpha value is 0.420. The number of rotatable bonds is 2. The molecule has 0 amide bonds. The average Bonchev–Trinajstić information content (AvgIpc) is 2.09. The van der Waals surface area contributed by atoms with Gasteiger partial charge in [0.15, 0.2) is 0 Å². The van der Waals surface area contributed by atoms with E-state index in [1.165, 1.54) is 0 Å². The molecule has 1 atom stereocenters. The Morgan fingerprint density at radius 2 is 2.25 bits per heavy atom. The number of halogens is 1. The van der Waals surface area contributed by atoms with E-state index in [-0.39, 0.29) is 35.7 Å². The van der Waals surface area contributed by atoms with Gasteiger partial charge in [0.25, 0.3) is 0 Å². The summed E-state index contributed by atoms with van der Waals surface area (Å²) in [4.78, 5) is 6.86. The van der Waals surface area contributed by atoms with Crippen LogP contribution in [0.3, 0.4) is 0 Å². The minimum Gasteiger partial charge on any atom is -0.778 e. The van der Waals surface area contributed by atoms with Crippen molar-refractivity contribution in [2.24, 2.45) is 5.92 Å². The van der Waals surface area contributed by atoms with Crippen molar-refractivity contribution < 1.29 is 34.7 Å². The van der Waals surface area contributed by atoms with Crippen molar-refractivity contribution >= 4 is 30.0 Å². The van der Waals surface area contributed by atoms with Crippen molar-refractivity contribution in [3.05, 3.63) is 17.3 Å². The van der Waals surface area contributed by atoms with Gasteiger partial charge in [-0.3, -0.25) is 0 Å². The molecule has 1 N–H and O–H groups in total. The number of aromatic nitrogens is 1. The van der Waals surface area contributed by atoms with Crippen LogP contribution >= 0.6 is 11.6 Å². The van der Waals surface area contributed by atoms with Crippen LogP contribution in [0.4, 0.5) is 5.82 Å². The standard InChI is InChI=1S/C10H13ClN2OS.Na/c1-6(14)7-4-13(5-7)10-9(11)8(15)2-3-12-10;/h2-3,6-7,14H,4-5H2,1H3,(H,12,15);/q;+1/p-1. The van der Waals surface area contributed by atoms with Crippen LogP contribution in [-0.4, -0.2) is 29.3 Å². The molecule has 0 spiro atoms. The third-order valence-electron chi connectivity index (χ3n) is 2.73. The molecule has 1 fully saturated rings. The van der Waals surface area contributed by atoms with E-state index in [1.54, 1.807) is 19.2 Å². The third-order valence-corrected chi connectivity index (χ3v) is 3.55. The van der Waals surface area contributed by atoms with Gasteiger partial charge in [0.05, 0.1) is 11.1 Å². The molecule has 1 unspecified atom stereocenters. The van der Waals surface area contributed by atoms with Gasteiger partial charge in [-0.15, -0.1) is 0 Å². The molecule has 1 aromatic rings. The molecule has 2 rings (SSSR count). The molecule has 0 aliphatic carbocycles. The molecule has 82 valence electrons. The van der Waals surface area contributed by atoms with Gasteiger partial charge in [-0.2, -0.15) is 4.90 Å². The van der Waals surface area contributed by atoms with E-state index in [0.29, 0.717) is 15.8 Å². The monoisotopic (exact) mass is 266 g/mol. The van der Waals surface area contributed by atoms with E-state index >= 15 is 0 Å². The number of anilines is 1. The van der Waals surface area contributed by atoms with Crippen LogP contribution in [0.25, 0.3) is 0 Å². The largest absolute Gasteiger partial charge is 1.00 e. The molecule has 1 saturated heterocycles. The Labute approximate surface area is 128 Å². The maximum atomic E-state index is 9.36. The molecule has 0 radical (unpaired) electrons. The van der Waals surface area contributed by atoms with Crippen molar-refractivity contribution in [2.45, 2.75) is 17.9 Å². The first-order chi connectivity index (χ1) is 7.09. The SMILES string of the molecule is CC(O)C1CN(c2nccc([S-])c2Cl)C1.[Na+]. The second kappa shape index (κ2) is 5.85.